The van der Waals surface area contributed by atoms with Crippen molar-refractivity contribution in [3.8, 4) is 0 Å². The van der Waals surface area contributed by atoms with Gasteiger partial charge in [-0.3, -0.25) is 4.90 Å². The van der Waals surface area contributed by atoms with E-state index in [9.17, 15) is 4.79 Å². The number of nitrogens with one attached hydrogen (secondary N) is 2. The van der Waals surface area contributed by atoms with Crippen LogP contribution in [-0.2, 0) is 6.54 Å². The number of hydrogen-bond donors (Lipinski definition) is 3. The molecule has 0 spiro atoms. The molecule has 1 aromatic rings. The molecule has 5 heteroatoms. The van der Waals surface area contributed by atoms with Crippen LogP contribution in [0.5, 0.6) is 0 Å². The van der Waals surface area contributed by atoms with Crippen LogP contribution in [0, 0.1) is 0 Å². The SMILES string of the molecule is NC(=O)Nc1ccc(CN2CCNCC2)cc1. The molecule has 1 aliphatic rings. The van der Waals surface area contributed by atoms with Gasteiger partial charge in [0.25, 0.3) is 0 Å². The minimum Gasteiger partial charge on any atom is -0.351 e. The molecule has 2 rings (SSSR count). The van der Waals surface area contributed by atoms with Gasteiger partial charge >= 0.3 is 6.03 Å². The zero-order valence-electron chi connectivity index (χ0n) is 9.78. The van der Waals surface area contributed by atoms with Crippen molar-refractivity contribution in [3.63, 3.8) is 0 Å². The Hall–Kier alpha value is -1.59. The third-order valence-electron chi connectivity index (χ3n) is 2.84. The van der Waals surface area contributed by atoms with Gasteiger partial charge in [-0.2, -0.15) is 0 Å². The van der Waals surface area contributed by atoms with Gasteiger partial charge in [-0.25, -0.2) is 4.79 Å². The molecule has 0 bridgehead atoms. The van der Waals surface area contributed by atoms with E-state index < -0.39 is 6.03 Å². The topological polar surface area (TPSA) is 70.4 Å². The number of rotatable bonds is 3. The standard InChI is InChI=1S/C12H18N4O/c13-12(17)15-11-3-1-10(2-4-11)9-16-7-5-14-6-8-16/h1-4,14H,5-9H2,(H3,13,15,17). The van der Waals surface area contributed by atoms with E-state index in [0.717, 1.165) is 38.4 Å². The number of nitrogens with two attached hydrogens (primary N) is 1. The van der Waals surface area contributed by atoms with E-state index in [-0.39, 0.29) is 0 Å². The first-order chi connectivity index (χ1) is 8.24. The van der Waals surface area contributed by atoms with E-state index in [1.54, 1.807) is 0 Å². The quantitative estimate of drug-likeness (QED) is 0.716. The summed E-state index contributed by atoms with van der Waals surface area (Å²) in [6.45, 7) is 5.24. The molecule has 1 heterocycles. The third kappa shape index (κ3) is 3.72. The lowest BCUT2D eigenvalue weighted by atomic mass is 10.2. The van der Waals surface area contributed by atoms with Gasteiger partial charge in [-0.15, -0.1) is 0 Å². The Morgan fingerprint density at radius 3 is 2.53 bits per heavy atom. The van der Waals surface area contributed by atoms with Crippen LogP contribution in [0.2, 0.25) is 0 Å². The maximum atomic E-state index is 10.7. The van der Waals surface area contributed by atoms with Crippen LogP contribution in [0.1, 0.15) is 5.56 Å². The summed E-state index contributed by atoms with van der Waals surface area (Å²) in [6.07, 6.45) is 0. The maximum Gasteiger partial charge on any atom is 0.316 e. The summed E-state index contributed by atoms with van der Waals surface area (Å²) in [5.74, 6) is 0. The minimum absolute atomic E-state index is 0.528. The largest absolute Gasteiger partial charge is 0.351 e. The molecule has 0 unspecified atom stereocenters. The van der Waals surface area contributed by atoms with Crippen LogP contribution >= 0.6 is 0 Å². The number of carbonyl (C=O) groups excluding carboxylic acids is 1. The first kappa shape index (κ1) is 11.9. The summed E-state index contributed by atoms with van der Waals surface area (Å²) in [5.41, 5.74) is 7.04. The zero-order chi connectivity index (χ0) is 12.1. The van der Waals surface area contributed by atoms with E-state index in [0.29, 0.717) is 0 Å². The Kier molecular flexibility index (Phi) is 3.95. The fourth-order valence-corrected chi connectivity index (χ4v) is 1.96. The molecule has 0 atom stereocenters. The summed E-state index contributed by atoms with van der Waals surface area (Å²) in [4.78, 5) is 13.1. The van der Waals surface area contributed by atoms with Gasteiger partial charge in [-0.05, 0) is 17.7 Å². The van der Waals surface area contributed by atoms with Crippen molar-refractivity contribution in [2.75, 3.05) is 31.5 Å². The lowest BCUT2D eigenvalue weighted by Crippen LogP contribution is -2.42. The van der Waals surface area contributed by atoms with Crippen LogP contribution in [0.15, 0.2) is 24.3 Å². The Morgan fingerprint density at radius 1 is 1.29 bits per heavy atom. The fourth-order valence-electron chi connectivity index (χ4n) is 1.96. The number of nitrogens with zero attached hydrogens (tertiary/aromatic N) is 1. The van der Waals surface area contributed by atoms with Gasteiger partial charge in [-0.1, -0.05) is 12.1 Å². The van der Waals surface area contributed by atoms with Gasteiger partial charge in [0.15, 0.2) is 0 Å². The molecule has 0 aromatic heterocycles. The summed E-state index contributed by atoms with van der Waals surface area (Å²) in [5, 5.41) is 5.88. The maximum absolute atomic E-state index is 10.7. The number of urea groups is 1. The van der Waals surface area contributed by atoms with Crippen LogP contribution < -0.4 is 16.4 Å². The molecule has 1 aliphatic heterocycles. The summed E-state index contributed by atoms with van der Waals surface area (Å²) in [6, 6.07) is 7.27. The van der Waals surface area contributed by atoms with Gasteiger partial charge in [0.05, 0.1) is 0 Å². The van der Waals surface area contributed by atoms with E-state index in [2.05, 4.69) is 15.5 Å². The van der Waals surface area contributed by atoms with Crippen LogP contribution in [0.3, 0.4) is 0 Å². The van der Waals surface area contributed by atoms with E-state index in [1.165, 1.54) is 5.56 Å². The van der Waals surface area contributed by atoms with Crippen molar-refractivity contribution in [2.45, 2.75) is 6.54 Å². The predicted molar refractivity (Wildman–Crippen MR) is 67.8 cm³/mol. The number of anilines is 1. The third-order valence-corrected chi connectivity index (χ3v) is 2.84. The first-order valence-electron chi connectivity index (χ1n) is 5.82. The smallest absolute Gasteiger partial charge is 0.316 e. The van der Waals surface area contributed by atoms with Crippen molar-refractivity contribution >= 4 is 11.7 Å². The van der Waals surface area contributed by atoms with E-state index >= 15 is 0 Å². The Morgan fingerprint density at radius 2 is 1.94 bits per heavy atom. The van der Waals surface area contributed by atoms with Crippen LogP contribution in [0.25, 0.3) is 0 Å². The van der Waals surface area contributed by atoms with E-state index in [1.807, 2.05) is 24.3 Å². The van der Waals surface area contributed by atoms with Crippen molar-refractivity contribution in [2.24, 2.45) is 5.73 Å². The monoisotopic (exact) mass is 234 g/mol. The van der Waals surface area contributed by atoms with Crippen molar-refractivity contribution in [3.05, 3.63) is 29.8 Å². The highest BCUT2D eigenvalue weighted by Gasteiger charge is 2.09. The molecular formula is C12H18N4O. The number of carbonyl (C=O) groups is 1. The van der Waals surface area contributed by atoms with Crippen molar-refractivity contribution in [1.82, 2.24) is 10.2 Å². The molecule has 0 saturated carbocycles. The van der Waals surface area contributed by atoms with Crippen LogP contribution in [-0.4, -0.2) is 37.1 Å². The summed E-state index contributed by atoms with van der Waals surface area (Å²) >= 11 is 0. The van der Waals surface area contributed by atoms with Gasteiger partial charge in [0, 0.05) is 38.4 Å². The molecule has 92 valence electrons. The number of benzene rings is 1. The predicted octanol–water partition coefficient (Wildman–Crippen LogP) is 0.582. The van der Waals surface area contributed by atoms with Gasteiger partial charge in [0.2, 0.25) is 0 Å². The minimum atomic E-state index is -0.528. The van der Waals surface area contributed by atoms with Gasteiger partial charge in [0.1, 0.15) is 0 Å². The number of piperazine rings is 1. The summed E-state index contributed by atoms with van der Waals surface area (Å²) in [7, 11) is 0. The molecule has 0 aliphatic carbocycles. The lowest BCUT2D eigenvalue weighted by molar-refractivity contribution is 0.233. The molecule has 17 heavy (non-hydrogen) atoms. The van der Waals surface area contributed by atoms with Crippen LogP contribution in [0.4, 0.5) is 10.5 Å². The highest BCUT2D eigenvalue weighted by atomic mass is 16.2. The average Bonchev–Trinajstić information content (AvgIpc) is 2.32. The Balaban J connectivity index is 1.90. The summed E-state index contributed by atoms with van der Waals surface area (Å²) < 4.78 is 0. The lowest BCUT2D eigenvalue weighted by Gasteiger charge is -2.27. The second-order valence-corrected chi connectivity index (χ2v) is 4.21. The van der Waals surface area contributed by atoms with Gasteiger partial charge < -0.3 is 16.4 Å². The number of primary amides is 1. The second kappa shape index (κ2) is 5.65. The highest BCUT2D eigenvalue weighted by Crippen LogP contribution is 2.11. The molecule has 1 saturated heterocycles. The molecular weight excluding hydrogens is 216 g/mol. The molecule has 1 fully saturated rings. The molecule has 5 nitrogen and oxygen atoms in total. The Labute approximate surface area is 101 Å². The first-order valence-corrected chi connectivity index (χ1v) is 5.82. The number of amides is 2. The molecule has 0 radical (unpaired) electrons. The number of hydrogen-bond acceptors (Lipinski definition) is 3. The highest BCUT2D eigenvalue weighted by molar-refractivity contribution is 5.87. The fraction of sp³-hybridized carbons (Fsp3) is 0.417. The molecule has 2 amide bonds. The average molecular weight is 234 g/mol. The van der Waals surface area contributed by atoms with Crippen molar-refractivity contribution < 1.29 is 4.79 Å². The second-order valence-electron chi connectivity index (χ2n) is 4.21. The zero-order valence-corrected chi connectivity index (χ0v) is 9.78. The van der Waals surface area contributed by atoms with Crippen molar-refractivity contribution in [1.29, 1.82) is 0 Å². The molecule has 1 aromatic carbocycles. The Bertz CT molecular complexity index is 371. The van der Waals surface area contributed by atoms with E-state index in [4.69, 9.17) is 5.73 Å². The molecule has 4 N–H and O–H groups in total. The normalized spacial score (nSPS) is 16.7.